The number of carbonyl (C=O) groups is 2. The molecule has 0 aliphatic rings. The number of carbonyl (C=O) groups excluding carboxylic acids is 2. The number of hydrogen-bond acceptors (Lipinski definition) is 6. The van der Waals surface area contributed by atoms with Crippen molar-refractivity contribution in [3.63, 3.8) is 0 Å². The quantitative estimate of drug-likeness (QED) is 0.410. The number of nitrogens with two attached hydrogens (primary N) is 1. The third kappa shape index (κ3) is 6.09. The maximum Gasteiger partial charge on any atom is 0.264 e. The monoisotopic (exact) mass is 499 g/mol. The molecule has 0 unspecified atom stereocenters. The van der Waals surface area contributed by atoms with Crippen molar-refractivity contribution >= 4 is 45.0 Å². The van der Waals surface area contributed by atoms with E-state index in [0.717, 1.165) is 9.20 Å². The van der Waals surface area contributed by atoms with Gasteiger partial charge in [-0.05, 0) is 86.0 Å². The summed E-state index contributed by atoms with van der Waals surface area (Å²) >= 11 is 1.50. The van der Waals surface area contributed by atoms with Crippen LogP contribution in [0.15, 0.2) is 82.6 Å². The van der Waals surface area contributed by atoms with Crippen LogP contribution in [0.5, 0.6) is 5.75 Å². The van der Waals surface area contributed by atoms with Crippen LogP contribution in [-0.2, 0) is 14.8 Å². The summed E-state index contributed by atoms with van der Waals surface area (Å²) in [6, 6.07) is 19.0. The second-order valence-electron chi connectivity index (χ2n) is 7.10. The van der Waals surface area contributed by atoms with Gasteiger partial charge in [-0.2, -0.15) is 0 Å². The van der Waals surface area contributed by atoms with Crippen molar-refractivity contribution in [1.82, 2.24) is 0 Å². The number of rotatable bonds is 10. The number of hydrogen-bond donors (Lipinski definition) is 2. The second kappa shape index (κ2) is 11.1. The van der Waals surface area contributed by atoms with Crippen molar-refractivity contribution in [1.29, 1.82) is 0 Å². The van der Waals surface area contributed by atoms with Gasteiger partial charge in [0.05, 0.1) is 17.2 Å². The fourth-order valence-corrected chi connectivity index (χ4v) is 4.94. The molecule has 0 bridgehead atoms. The Bertz CT molecular complexity index is 1240. The van der Waals surface area contributed by atoms with E-state index in [1.54, 1.807) is 36.4 Å². The van der Waals surface area contributed by atoms with Crippen LogP contribution in [-0.4, -0.2) is 39.6 Å². The fourth-order valence-electron chi connectivity index (χ4n) is 3.11. The summed E-state index contributed by atoms with van der Waals surface area (Å²) in [5, 5.41) is 2.66. The molecule has 10 heteroatoms. The number of benzene rings is 3. The minimum atomic E-state index is -4.05. The minimum Gasteiger partial charge on any atom is -0.494 e. The fraction of sp³-hybridized carbons (Fsp3) is 0.167. The Labute approximate surface area is 203 Å². The lowest BCUT2D eigenvalue weighted by Crippen LogP contribution is -2.38. The molecule has 178 valence electrons. The highest BCUT2D eigenvalue weighted by Gasteiger charge is 2.27. The SMILES string of the molecule is CCOc1ccc(N(CC(=O)Nc2ccc(C(N)=O)cc2)S(=O)(=O)c2ccc(SC)cc2)cc1. The zero-order valence-corrected chi connectivity index (χ0v) is 20.4. The van der Waals surface area contributed by atoms with Crippen LogP contribution >= 0.6 is 11.8 Å². The molecule has 0 aliphatic heterocycles. The van der Waals surface area contributed by atoms with Crippen molar-refractivity contribution in [3.8, 4) is 5.75 Å². The van der Waals surface area contributed by atoms with E-state index in [1.807, 2.05) is 13.2 Å². The average molecular weight is 500 g/mol. The predicted molar refractivity (Wildman–Crippen MR) is 134 cm³/mol. The first-order valence-electron chi connectivity index (χ1n) is 10.3. The van der Waals surface area contributed by atoms with Gasteiger partial charge in [-0.3, -0.25) is 13.9 Å². The van der Waals surface area contributed by atoms with Gasteiger partial charge in [-0.1, -0.05) is 0 Å². The minimum absolute atomic E-state index is 0.0674. The van der Waals surface area contributed by atoms with Crippen molar-refractivity contribution in [2.75, 3.05) is 29.0 Å². The van der Waals surface area contributed by atoms with Crippen LogP contribution in [0.25, 0.3) is 0 Å². The summed E-state index contributed by atoms with van der Waals surface area (Å²) in [7, 11) is -4.05. The van der Waals surface area contributed by atoms with Crippen LogP contribution in [0.1, 0.15) is 17.3 Å². The van der Waals surface area contributed by atoms with Crippen LogP contribution in [0.2, 0.25) is 0 Å². The standard InChI is InChI=1S/C24H25N3O5S2/c1-3-32-20-10-8-19(9-11-20)27(34(30,31)22-14-12-21(33-2)13-15-22)16-23(28)26-18-6-4-17(5-7-18)24(25)29/h4-15H,3,16H2,1-2H3,(H2,25,29)(H,26,28). The van der Waals surface area contributed by atoms with E-state index in [0.29, 0.717) is 29.3 Å². The molecule has 3 rings (SSSR count). The highest BCUT2D eigenvalue weighted by molar-refractivity contribution is 7.98. The van der Waals surface area contributed by atoms with Gasteiger partial charge in [0.15, 0.2) is 0 Å². The molecule has 0 saturated heterocycles. The smallest absolute Gasteiger partial charge is 0.264 e. The van der Waals surface area contributed by atoms with Crippen LogP contribution in [0.4, 0.5) is 11.4 Å². The first-order valence-corrected chi connectivity index (χ1v) is 13.0. The molecule has 0 aliphatic carbocycles. The Morgan fingerprint density at radius 3 is 2.12 bits per heavy atom. The number of ether oxygens (including phenoxy) is 1. The van der Waals surface area contributed by atoms with E-state index < -0.39 is 28.4 Å². The molecule has 0 spiro atoms. The number of primary amides is 1. The molecule has 3 aromatic rings. The summed E-state index contributed by atoms with van der Waals surface area (Å²) in [4.78, 5) is 25.1. The van der Waals surface area contributed by atoms with Gasteiger partial charge in [0, 0.05) is 16.1 Å². The van der Waals surface area contributed by atoms with E-state index in [1.165, 1.54) is 48.2 Å². The lowest BCUT2D eigenvalue weighted by Gasteiger charge is -2.24. The number of sulfonamides is 1. The van der Waals surface area contributed by atoms with Gasteiger partial charge in [0.25, 0.3) is 10.0 Å². The zero-order chi connectivity index (χ0) is 24.7. The number of nitrogens with zero attached hydrogens (tertiary/aromatic N) is 1. The van der Waals surface area contributed by atoms with E-state index >= 15 is 0 Å². The molecular weight excluding hydrogens is 474 g/mol. The molecule has 0 heterocycles. The van der Waals surface area contributed by atoms with Crippen molar-refractivity contribution in [3.05, 3.63) is 78.4 Å². The molecule has 0 fully saturated rings. The summed E-state index contributed by atoms with van der Waals surface area (Å²) in [6.45, 7) is 1.86. The largest absolute Gasteiger partial charge is 0.494 e. The number of thioether (sulfide) groups is 1. The van der Waals surface area contributed by atoms with E-state index in [-0.39, 0.29) is 4.90 Å². The predicted octanol–water partition coefficient (Wildman–Crippen LogP) is 3.74. The summed E-state index contributed by atoms with van der Waals surface area (Å²) < 4.78 is 33.5. The van der Waals surface area contributed by atoms with E-state index in [4.69, 9.17) is 10.5 Å². The van der Waals surface area contributed by atoms with Crippen LogP contribution in [0.3, 0.4) is 0 Å². The molecule has 2 amide bonds. The number of amides is 2. The zero-order valence-electron chi connectivity index (χ0n) is 18.7. The molecule has 0 radical (unpaired) electrons. The highest BCUT2D eigenvalue weighted by Crippen LogP contribution is 2.27. The summed E-state index contributed by atoms with van der Waals surface area (Å²) in [5.74, 6) is -0.546. The molecule has 0 saturated carbocycles. The van der Waals surface area contributed by atoms with Gasteiger partial charge in [0.2, 0.25) is 11.8 Å². The molecule has 3 N–H and O–H groups in total. The first kappa shape index (κ1) is 25.1. The Morgan fingerprint density at radius 1 is 0.971 bits per heavy atom. The molecule has 34 heavy (non-hydrogen) atoms. The maximum atomic E-state index is 13.5. The Kier molecular flexibility index (Phi) is 8.19. The van der Waals surface area contributed by atoms with Crippen LogP contribution in [0, 0.1) is 0 Å². The van der Waals surface area contributed by atoms with Gasteiger partial charge in [-0.25, -0.2) is 8.42 Å². The van der Waals surface area contributed by atoms with Gasteiger partial charge >= 0.3 is 0 Å². The maximum absolute atomic E-state index is 13.5. The average Bonchev–Trinajstić information content (AvgIpc) is 2.83. The van der Waals surface area contributed by atoms with E-state index in [2.05, 4.69) is 5.32 Å². The third-order valence-corrected chi connectivity index (χ3v) is 7.36. The lowest BCUT2D eigenvalue weighted by molar-refractivity contribution is -0.114. The van der Waals surface area contributed by atoms with Crippen LogP contribution < -0.4 is 20.1 Å². The second-order valence-corrected chi connectivity index (χ2v) is 9.85. The van der Waals surface area contributed by atoms with Crippen molar-refractivity contribution in [2.24, 2.45) is 5.73 Å². The highest BCUT2D eigenvalue weighted by atomic mass is 32.2. The number of nitrogens with one attached hydrogen (secondary N) is 1. The summed E-state index contributed by atoms with van der Waals surface area (Å²) in [6.07, 6.45) is 1.90. The third-order valence-electron chi connectivity index (χ3n) is 4.82. The molecular formula is C24H25N3O5S2. The Balaban J connectivity index is 1.90. The van der Waals surface area contributed by atoms with Gasteiger partial charge in [0.1, 0.15) is 12.3 Å². The Morgan fingerprint density at radius 2 is 1.59 bits per heavy atom. The van der Waals surface area contributed by atoms with Gasteiger partial charge in [-0.15, -0.1) is 11.8 Å². The van der Waals surface area contributed by atoms with Crippen molar-refractivity contribution in [2.45, 2.75) is 16.7 Å². The topological polar surface area (TPSA) is 119 Å². The first-order chi connectivity index (χ1) is 16.2. The number of anilines is 2. The van der Waals surface area contributed by atoms with Gasteiger partial charge < -0.3 is 15.8 Å². The molecule has 8 nitrogen and oxygen atoms in total. The van der Waals surface area contributed by atoms with E-state index in [9.17, 15) is 18.0 Å². The molecule has 3 aromatic carbocycles. The lowest BCUT2D eigenvalue weighted by atomic mass is 10.2. The molecule has 0 aromatic heterocycles. The summed E-state index contributed by atoms with van der Waals surface area (Å²) in [5.41, 5.74) is 6.26. The van der Waals surface area contributed by atoms with Crippen molar-refractivity contribution < 1.29 is 22.7 Å². The molecule has 0 atom stereocenters. The Hall–Kier alpha value is -3.50. The normalized spacial score (nSPS) is 11.0.